The third-order valence-electron chi connectivity index (χ3n) is 5.34. The van der Waals surface area contributed by atoms with E-state index in [1.54, 1.807) is 6.33 Å². The van der Waals surface area contributed by atoms with Crippen LogP contribution in [-0.2, 0) is 12.7 Å². The first-order chi connectivity index (χ1) is 13.9. The number of aliphatic hydroxyl groups is 1. The number of fused-ring (bicyclic) bond motifs is 1. The number of anilines is 1. The molecule has 3 aromatic rings. The molecule has 5 nitrogen and oxygen atoms in total. The van der Waals surface area contributed by atoms with Crippen molar-refractivity contribution in [2.24, 2.45) is 0 Å². The molecule has 2 heterocycles. The van der Waals surface area contributed by atoms with Crippen LogP contribution in [0.4, 0.5) is 18.9 Å². The highest BCUT2D eigenvalue weighted by Crippen LogP contribution is 2.30. The van der Waals surface area contributed by atoms with Crippen molar-refractivity contribution in [3.63, 3.8) is 0 Å². The molecule has 1 aliphatic rings. The summed E-state index contributed by atoms with van der Waals surface area (Å²) in [6, 6.07) is 13.1. The number of alkyl halides is 3. The van der Waals surface area contributed by atoms with Crippen molar-refractivity contribution >= 4 is 16.7 Å². The molecule has 1 N–H and O–H groups in total. The summed E-state index contributed by atoms with van der Waals surface area (Å²) >= 11 is 0. The van der Waals surface area contributed by atoms with Gasteiger partial charge in [-0.1, -0.05) is 12.1 Å². The van der Waals surface area contributed by atoms with E-state index in [0.29, 0.717) is 26.2 Å². The molecule has 29 heavy (non-hydrogen) atoms. The number of imidazole rings is 1. The zero-order valence-electron chi connectivity index (χ0n) is 15.9. The zero-order valence-corrected chi connectivity index (χ0v) is 15.9. The van der Waals surface area contributed by atoms with Crippen molar-refractivity contribution in [2.75, 3.05) is 37.6 Å². The Morgan fingerprint density at radius 2 is 1.62 bits per heavy atom. The van der Waals surface area contributed by atoms with Gasteiger partial charge in [-0.15, -0.1) is 0 Å². The van der Waals surface area contributed by atoms with Crippen molar-refractivity contribution in [3.05, 3.63) is 60.4 Å². The predicted molar refractivity (Wildman–Crippen MR) is 106 cm³/mol. The van der Waals surface area contributed by atoms with Crippen LogP contribution in [0.3, 0.4) is 0 Å². The Balaban J connectivity index is 1.29. The van der Waals surface area contributed by atoms with Gasteiger partial charge in [0.15, 0.2) is 0 Å². The molecule has 8 heteroatoms. The SMILES string of the molecule is OC(CN1CCN(c2ccc(C(F)(F)F)cc2)CC1)Cn1cnc2ccccc21. The molecule has 154 valence electrons. The van der Waals surface area contributed by atoms with Gasteiger partial charge in [0.2, 0.25) is 0 Å². The molecule has 4 rings (SSSR count). The van der Waals surface area contributed by atoms with Crippen LogP contribution in [0.1, 0.15) is 5.56 Å². The number of nitrogens with zero attached hydrogens (tertiary/aromatic N) is 4. The number of hydrogen-bond acceptors (Lipinski definition) is 4. The lowest BCUT2D eigenvalue weighted by Crippen LogP contribution is -2.49. The maximum atomic E-state index is 12.7. The van der Waals surface area contributed by atoms with E-state index in [2.05, 4.69) is 14.8 Å². The molecule has 0 saturated carbocycles. The van der Waals surface area contributed by atoms with Gasteiger partial charge < -0.3 is 14.6 Å². The third-order valence-corrected chi connectivity index (χ3v) is 5.34. The number of aliphatic hydroxyl groups excluding tert-OH is 1. The average molecular weight is 404 g/mol. The fourth-order valence-electron chi connectivity index (χ4n) is 3.79. The van der Waals surface area contributed by atoms with Gasteiger partial charge in [0.05, 0.1) is 35.6 Å². The molecule has 1 saturated heterocycles. The van der Waals surface area contributed by atoms with E-state index >= 15 is 0 Å². The number of aromatic nitrogens is 2. The van der Waals surface area contributed by atoms with Gasteiger partial charge in [-0.25, -0.2) is 4.98 Å². The van der Waals surface area contributed by atoms with Crippen LogP contribution in [0, 0.1) is 0 Å². The summed E-state index contributed by atoms with van der Waals surface area (Å²) in [6.45, 7) is 3.96. The Kier molecular flexibility index (Phi) is 5.47. The first-order valence-electron chi connectivity index (χ1n) is 9.62. The Morgan fingerprint density at radius 3 is 2.31 bits per heavy atom. The fourth-order valence-corrected chi connectivity index (χ4v) is 3.79. The normalized spacial score (nSPS) is 17.0. The highest BCUT2D eigenvalue weighted by Gasteiger charge is 2.30. The van der Waals surface area contributed by atoms with E-state index in [9.17, 15) is 18.3 Å². The molecular formula is C21H23F3N4O. The molecule has 0 bridgehead atoms. The number of halogens is 3. The predicted octanol–water partition coefficient (Wildman–Crippen LogP) is 3.24. The first-order valence-corrected chi connectivity index (χ1v) is 9.62. The number of para-hydroxylation sites is 2. The lowest BCUT2D eigenvalue weighted by atomic mass is 10.1. The number of piperazine rings is 1. The van der Waals surface area contributed by atoms with Crippen LogP contribution in [0.5, 0.6) is 0 Å². The van der Waals surface area contributed by atoms with Crippen LogP contribution in [-0.4, -0.2) is 58.4 Å². The van der Waals surface area contributed by atoms with Crippen LogP contribution in [0.2, 0.25) is 0 Å². The third kappa shape index (κ3) is 4.54. The molecule has 1 aliphatic heterocycles. The maximum Gasteiger partial charge on any atom is 0.416 e. The van der Waals surface area contributed by atoms with E-state index in [0.717, 1.165) is 41.9 Å². The molecule has 2 aromatic carbocycles. The van der Waals surface area contributed by atoms with Gasteiger partial charge in [0.25, 0.3) is 0 Å². The minimum atomic E-state index is -4.31. The van der Waals surface area contributed by atoms with Crippen LogP contribution < -0.4 is 4.90 Å². The van der Waals surface area contributed by atoms with E-state index in [1.807, 2.05) is 28.8 Å². The van der Waals surface area contributed by atoms with Crippen LogP contribution in [0.25, 0.3) is 11.0 Å². The summed E-state index contributed by atoms with van der Waals surface area (Å²) in [7, 11) is 0. The molecule has 1 atom stereocenters. The van der Waals surface area contributed by atoms with Crippen molar-refractivity contribution in [2.45, 2.75) is 18.8 Å². The highest BCUT2D eigenvalue weighted by molar-refractivity contribution is 5.74. The summed E-state index contributed by atoms with van der Waals surface area (Å²) in [6.07, 6.45) is -3.09. The number of β-amino-alcohol motifs (C(OH)–C–C–N with tert-alkyl or cyclic N) is 1. The monoisotopic (exact) mass is 404 g/mol. The molecule has 1 unspecified atom stereocenters. The molecule has 0 radical (unpaired) electrons. The number of rotatable bonds is 5. The molecule has 0 spiro atoms. The second-order valence-electron chi connectivity index (χ2n) is 7.37. The van der Waals surface area contributed by atoms with E-state index in [4.69, 9.17) is 0 Å². The topological polar surface area (TPSA) is 44.5 Å². The average Bonchev–Trinajstić information content (AvgIpc) is 3.11. The largest absolute Gasteiger partial charge is 0.416 e. The Hall–Kier alpha value is -2.58. The van der Waals surface area contributed by atoms with Gasteiger partial charge in [-0.2, -0.15) is 13.2 Å². The van der Waals surface area contributed by atoms with E-state index in [-0.39, 0.29) is 0 Å². The van der Waals surface area contributed by atoms with Gasteiger partial charge in [-0.3, -0.25) is 4.90 Å². The smallest absolute Gasteiger partial charge is 0.390 e. The van der Waals surface area contributed by atoms with Crippen molar-refractivity contribution in [3.8, 4) is 0 Å². The number of hydrogen-bond donors (Lipinski definition) is 1. The summed E-state index contributed by atoms with van der Waals surface area (Å²) in [5.74, 6) is 0. The summed E-state index contributed by atoms with van der Waals surface area (Å²) in [5, 5.41) is 10.5. The van der Waals surface area contributed by atoms with Crippen molar-refractivity contribution in [1.29, 1.82) is 0 Å². The fraction of sp³-hybridized carbons (Fsp3) is 0.381. The Morgan fingerprint density at radius 1 is 0.931 bits per heavy atom. The summed E-state index contributed by atoms with van der Waals surface area (Å²) in [5.41, 5.74) is 2.07. The van der Waals surface area contributed by atoms with Gasteiger partial charge in [-0.05, 0) is 36.4 Å². The van der Waals surface area contributed by atoms with Gasteiger partial charge >= 0.3 is 6.18 Å². The van der Waals surface area contributed by atoms with Gasteiger partial charge in [0, 0.05) is 38.4 Å². The summed E-state index contributed by atoms with van der Waals surface area (Å²) < 4.78 is 40.1. The Bertz CT molecular complexity index is 946. The minimum Gasteiger partial charge on any atom is -0.390 e. The molecule has 1 aromatic heterocycles. The lowest BCUT2D eigenvalue weighted by molar-refractivity contribution is -0.137. The molecule has 1 fully saturated rings. The first kappa shape index (κ1) is 19.7. The zero-order chi connectivity index (χ0) is 20.4. The second kappa shape index (κ2) is 8.04. The maximum absolute atomic E-state index is 12.7. The Labute approximate surface area is 167 Å². The number of benzene rings is 2. The lowest BCUT2D eigenvalue weighted by Gasteiger charge is -2.37. The van der Waals surface area contributed by atoms with E-state index in [1.165, 1.54) is 12.1 Å². The summed E-state index contributed by atoms with van der Waals surface area (Å²) in [4.78, 5) is 8.61. The molecule has 0 amide bonds. The second-order valence-corrected chi connectivity index (χ2v) is 7.37. The van der Waals surface area contributed by atoms with Crippen LogP contribution in [0.15, 0.2) is 54.9 Å². The quantitative estimate of drug-likeness (QED) is 0.709. The van der Waals surface area contributed by atoms with Crippen LogP contribution >= 0.6 is 0 Å². The van der Waals surface area contributed by atoms with Gasteiger partial charge in [0.1, 0.15) is 0 Å². The van der Waals surface area contributed by atoms with E-state index < -0.39 is 17.8 Å². The highest BCUT2D eigenvalue weighted by atomic mass is 19.4. The van der Waals surface area contributed by atoms with Crippen molar-refractivity contribution in [1.82, 2.24) is 14.5 Å². The van der Waals surface area contributed by atoms with Crippen molar-refractivity contribution < 1.29 is 18.3 Å². The molecular weight excluding hydrogens is 381 g/mol. The minimum absolute atomic E-state index is 0.472. The standard InChI is InChI=1S/C21H23F3N4O/c22-21(23,24)16-5-7-17(8-6-16)27-11-9-26(10-12-27)13-18(29)14-28-15-25-19-3-1-2-4-20(19)28/h1-8,15,18,29H,9-14H2. The molecule has 0 aliphatic carbocycles.